The minimum atomic E-state index is 0. The molecule has 1 unspecified atom stereocenters. The standard InChI is InChI=1S/C20H33N7.HI/c1-4-21-20(26-15-12-17(16-26)25(5-2)6-3)22-13-9-11-19-24-23-18-10-7-8-14-27(18)19;/h7-8,10,14,17H,4-6,9,11-13,15-16H2,1-3H3,(H,21,22);1H. The summed E-state index contributed by atoms with van der Waals surface area (Å²) in [4.78, 5) is 9.85. The van der Waals surface area contributed by atoms with Gasteiger partial charge in [0.2, 0.25) is 0 Å². The number of guanidine groups is 1. The number of halogens is 1. The van der Waals surface area contributed by atoms with Crippen LogP contribution in [0.2, 0.25) is 0 Å². The zero-order chi connectivity index (χ0) is 19.1. The van der Waals surface area contributed by atoms with Gasteiger partial charge in [-0.2, -0.15) is 0 Å². The van der Waals surface area contributed by atoms with Crippen LogP contribution in [0.3, 0.4) is 0 Å². The molecule has 0 spiro atoms. The second-order valence-corrected chi connectivity index (χ2v) is 6.99. The lowest BCUT2D eigenvalue weighted by atomic mass is 10.2. The van der Waals surface area contributed by atoms with E-state index in [2.05, 4.69) is 50.5 Å². The Morgan fingerprint density at radius 2 is 2.07 bits per heavy atom. The van der Waals surface area contributed by atoms with Crippen LogP contribution in [0.25, 0.3) is 5.65 Å². The van der Waals surface area contributed by atoms with Crippen LogP contribution in [-0.2, 0) is 6.42 Å². The first-order valence-corrected chi connectivity index (χ1v) is 10.3. The number of rotatable bonds is 8. The van der Waals surface area contributed by atoms with Gasteiger partial charge in [0.1, 0.15) is 5.82 Å². The number of fused-ring (bicyclic) bond motifs is 1. The fourth-order valence-electron chi connectivity index (χ4n) is 3.88. The van der Waals surface area contributed by atoms with Gasteiger partial charge in [-0.1, -0.05) is 19.9 Å². The Morgan fingerprint density at radius 3 is 2.82 bits per heavy atom. The molecule has 0 saturated carbocycles. The van der Waals surface area contributed by atoms with Crippen molar-refractivity contribution in [2.75, 3.05) is 39.3 Å². The second kappa shape index (κ2) is 11.5. The maximum absolute atomic E-state index is 4.88. The zero-order valence-corrected chi connectivity index (χ0v) is 19.7. The van der Waals surface area contributed by atoms with Gasteiger partial charge >= 0.3 is 0 Å². The number of aromatic nitrogens is 3. The molecule has 1 atom stereocenters. The van der Waals surface area contributed by atoms with E-state index in [4.69, 9.17) is 4.99 Å². The van der Waals surface area contributed by atoms with Gasteiger partial charge in [0.25, 0.3) is 0 Å². The Morgan fingerprint density at radius 1 is 1.25 bits per heavy atom. The first kappa shape index (κ1) is 22.9. The molecule has 0 radical (unpaired) electrons. The van der Waals surface area contributed by atoms with Crippen molar-refractivity contribution in [3.8, 4) is 0 Å². The predicted molar refractivity (Wildman–Crippen MR) is 126 cm³/mol. The van der Waals surface area contributed by atoms with Crippen molar-refractivity contribution >= 4 is 35.6 Å². The second-order valence-electron chi connectivity index (χ2n) is 6.99. The van der Waals surface area contributed by atoms with Crippen LogP contribution in [0.15, 0.2) is 29.4 Å². The van der Waals surface area contributed by atoms with Gasteiger partial charge in [-0.25, -0.2) is 0 Å². The molecular weight excluding hydrogens is 465 g/mol. The topological polar surface area (TPSA) is 61.1 Å². The average molecular weight is 499 g/mol. The minimum Gasteiger partial charge on any atom is -0.357 e. The van der Waals surface area contributed by atoms with E-state index >= 15 is 0 Å². The van der Waals surface area contributed by atoms with E-state index in [1.54, 1.807) is 0 Å². The molecule has 0 aromatic carbocycles. The summed E-state index contributed by atoms with van der Waals surface area (Å²) in [6.45, 7) is 12.7. The van der Waals surface area contributed by atoms with Gasteiger partial charge in [-0.15, -0.1) is 34.2 Å². The largest absolute Gasteiger partial charge is 0.357 e. The van der Waals surface area contributed by atoms with Gasteiger partial charge in [-0.3, -0.25) is 14.3 Å². The maximum Gasteiger partial charge on any atom is 0.193 e. The van der Waals surface area contributed by atoms with Crippen molar-refractivity contribution in [1.82, 2.24) is 29.7 Å². The van der Waals surface area contributed by atoms with Crippen LogP contribution in [0.4, 0.5) is 0 Å². The number of likely N-dealkylation sites (tertiary alicyclic amines) is 1. The third-order valence-corrected chi connectivity index (χ3v) is 5.33. The van der Waals surface area contributed by atoms with Crippen molar-refractivity contribution in [2.24, 2.45) is 4.99 Å². The lowest BCUT2D eigenvalue weighted by Crippen LogP contribution is -2.43. The molecule has 0 aliphatic carbocycles. The predicted octanol–water partition coefficient (Wildman–Crippen LogP) is 2.66. The van der Waals surface area contributed by atoms with Crippen LogP contribution in [0, 0.1) is 0 Å². The summed E-state index contributed by atoms with van der Waals surface area (Å²) in [5.41, 5.74) is 0.906. The van der Waals surface area contributed by atoms with Gasteiger partial charge in [0.05, 0.1) is 0 Å². The summed E-state index contributed by atoms with van der Waals surface area (Å²) in [5, 5.41) is 12.0. The average Bonchev–Trinajstić information content (AvgIpc) is 3.33. The van der Waals surface area contributed by atoms with Crippen molar-refractivity contribution in [2.45, 2.75) is 46.1 Å². The smallest absolute Gasteiger partial charge is 0.193 e. The quantitative estimate of drug-likeness (QED) is 0.262. The molecule has 1 saturated heterocycles. The Bertz CT molecular complexity index is 741. The highest BCUT2D eigenvalue weighted by molar-refractivity contribution is 14.0. The van der Waals surface area contributed by atoms with Crippen molar-refractivity contribution in [3.63, 3.8) is 0 Å². The number of hydrogen-bond donors (Lipinski definition) is 1. The van der Waals surface area contributed by atoms with Gasteiger partial charge in [0, 0.05) is 44.8 Å². The molecule has 1 aliphatic heterocycles. The highest BCUT2D eigenvalue weighted by Gasteiger charge is 2.27. The molecule has 7 nitrogen and oxygen atoms in total. The van der Waals surface area contributed by atoms with Crippen molar-refractivity contribution in [3.05, 3.63) is 30.2 Å². The van der Waals surface area contributed by atoms with E-state index < -0.39 is 0 Å². The van der Waals surface area contributed by atoms with E-state index in [0.29, 0.717) is 6.04 Å². The number of nitrogens with zero attached hydrogens (tertiary/aromatic N) is 6. The highest BCUT2D eigenvalue weighted by atomic mass is 127. The molecule has 1 fully saturated rings. The molecule has 3 rings (SSSR count). The van der Waals surface area contributed by atoms with Crippen molar-refractivity contribution < 1.29 is 0 Å². The molecule has 2 aromatic rings. The Balaban J connectivity index is 0.00000280. The molecule has 28 heavy (non-hydrogen) atoms. The summed E-state index contributed by atoms with van der Waals surface area (Å²) in [7, 11) is 0. The molecule has 1 aliphatic rings. The van der Waals surface area contributed by atoms with E-state index in [0.717, 1.165) is 69.5 Å². The summed E-state index contributed by atoms with van der Waals surface area (Å²) in [6.07, 6.45) is 5.10. The van der Waals surface area contributed by atoms with E-state index in [9.17, 15) is 0 Å². The number of hydrogen-bond acceptors (Lipinski definition) is 4. The fraction of sp³-hybridized carbons (Fsp3) is 0.650. The Kier molecular flexibility index (Phi) is 9.43. The highest BCUT2D eigenvalue weighted by Crippen LogP contribution is 2.15. The number of aliphatic imine (C=N–C) groups is 1. The molecule has 3 heterocycles. The molecule has 0 bridgehead atoms. The van der Waals surface area contributed by atoms with Crippen LogP contribution >= 0.6 is 24.0 Å². The number of pyridine rings is 1. The zero-order valence-electron chi connectivity index (χ0n) is 17.3. The van der Waals surface area contributed by atoms with Gasteiger partial charge in [0.15, 0.2) is 11.6 Å². The van der Waals surface area contributed by atoms with Crippen molar-refractivity contribution in [1.29, 1.82) is 0 Å². The molecule has 0 amide bonds. The van der Waals surface area contributed by atoms with Gasteiger partial charge < -0.3 is 10.2 Å². The first-order chi connectivity index (χ1) is 13.3. The molecule has 2 aromatic heterocycles. The van der Waals surface area contributed by atoms with Crippen LogP contribution in [0.5, 0.6) is 0 Å². The monoisotopic (exact) mass is 499 g/mol. The summed E-state index contributed by atoms with van der Waals surface area (Å²) in [6, 6.07) is 6.63. The Hall–Kier alpha value is -1.42. The van der Waals surface area contributed by atoms with E-state index in [1.165, 1.54) is 6.42 Å². The number of likely N-dealkylation sites (N-methyl/N-ethyl adjacent to an activating group) is 1. The SMILES string of the molecule is CCNC(=NCCCc1nnc2ccccn12)N1CCC(N(CC)CC)C1.I. The molecular formula is C20H34IN7. The first-order valence-electron chi connectivity index (χ1n) is 10.3. The maximum atomic E-state index is 4.88. The number of nitrogens with one attached hydrogen (secondary N) is 1. The molecule has 156 valence electrons. The fourth-order valence-corrected chi connectivity index (χ4v) is 3.88. The van der Waals surface area contributed by atoms with E-state index in [1.807, 2.05) is 24.4 Å². The third kappa shape index (κ3) is 5.56. The summed E-state index contributed by atoms with van der Waals surface area (Å²) >= 11 is 0. The lowest BCUT2D eigenvalue weighted by molar-refractivity contribution is 0.223. The van der Waals surface area contributed by atoms with Crippen LogP contribution in [-0.4, -0.2) is 75.7 Å². The molecule has 8 heteroatoms. The minimum absolute atomic E-state index is 0. The summed E-state index contributed by atoms with van der Waals surface area (Å²) < 4.78 is 2.06. The van der Waals surface area contributed by atoms with Crippen LogP contribution in [0.1, 0.15) is 39.4 Å². The van der Waals surface area contributed by atoms with Crippen LogP contribution < -0.4 is 5.32 Å². The van der Waals surface area contributed by atoms with Gasteiger partial charge in [-0.05, 0) is 45.0 Å². The third-order valence-electron chi connectivity index (χ3n) is 5.33. The number of aryl methyl sites for hydroxylation is 1. The Labute approximate surface area is 185 Å². The lowest BCUT2D eigenvalue weighted by Gasteiger charge is -2.27. The normalized spacial score (nSPS) is 17.4. The van der Waals surface area contributed by atoms with E-state index in [-0.39, 0.29) is 24.0 Å². The summed E-state index contributed by atoms with van der Waals surface area (Å²) in [5.74, 6) is 2.06. The molecule has 1 N–H and O–H groups in total.